The fourth-order valence-corrected chi connectivity index (χ4v) is 1.87. The molecule has 1 aromatic carbocycles. The third-order valence-electron chi connectivity index (χ3n) is 2.99. The first-order valence-corrected chi connectivity index (χ1v) is 6.14. The van der Waals surface area contributed by atoms with Gasteiger partial charge < -0.3 is 25.6 Å². The molecule has 2 rings (SSSR count). The zero-order valence-electron chi connectivity index (χ0n) is 11.0. The van der Waals surface area contributed by atoms with Crippen molar-refractivity contribution in [3.8, 4) is 11.5 Å². The Morgan fingerprint density at radius 2 is 2.10 bits per heavy atom. The Kier molecular flexibility index (Phi) is 4.09. The second-order valence-corrected chi connectivity index (χ2v) is 4.55. The lowest BCUT2D eigenvalue weighted by molar-refractivity contribution is -0.139. The van der Waals surface area contributed by atoms with E-state index in [0.29, 0.717) is 11.5 Å². The first kappa shape index (κ1) is 14.1. The number of carboxylic acid groups (broad SMARTS) is 1. The van der Waals surface area contributed by atoms with Gasteiger partial charge in [0.25, 0.3) is 0 Å². The predicted molar refractivity (Wildman–Crippen MR) is 69.4 cm³/mol. The Morgan fingerprint density at radius 1 is 1.40 bits per heavy atom. The number of carbonyl (C=O) groups is 2. The van der Waals surface area contributed by atoms with Crippen LogP contribution < -0.4 is 20.5 Å². The number of aliphatic carboxylic acids is 1. The van der Waals surface area contributed by atoms with Crippen molar-refractivity contribution in [2.24, 2.45) is 5.73 Å². The summed E-state index contributed by atoms with van der Waals surface area (Å²) in [7, 11) is 0. The van der Waals surface area contributed by atoms with E-state index >= 15 is 0 Å². The number of hydrogen-bond acceptors (Lipinski definition) is 5. The third-order valence-corrected chi connectivity index (χ3v) is 2.99. The second kappa shape index (κ2) is 5.79. The van der Waals surface area contributed by atoms with E-state index in [4.69, 9.17) is 20.3 Å². The minimum Gasteiger partial charge on any atom is -0.481 e. The molecule has 0 aromatic heterocycles. The Bertz CT molecular complexity index is 531. The summed E-state index contributed by atoms with van der Waals surface area (Å²) in [5.74, 6) is -0.325. The standard InChI is InChI=1S/C13H16N2O5/c1-7(15-13(18)9(14)5-12(16)17)8-2-3-10-11(4-8)20-6-19-10/h2-4,7,9H,5-6,14H2,1H3,(H,15,18)(H,16,17). The lowest BCUT2D eigenvalue weighted by atomic mass is 10.1. The Balaban J connectivity index is 1.99. The summed E-state index contributed by atoms with van der Waals surface area (Å²) in [4.78, 5) is 22.2. The molecule has 1 aliphatic heterocycles. The number of carbonyl (C=O) groups excluding carboxylic acids is 1. The lowest BCUT2D eigenvalue weighted by Crippen LogP contribution is -2.42. The molecule has 7 nitrogen and oxygen atoms in total. The molecule has 0 radical (unpaired) electrons. The van der Waals surface area contributed by atoms with Gasteiger partial charge in [0.05, 0.1) is 18.5 Å². The Hall–Kier alpha value is -2.28. The summed E-state index contributed by atoms with van der Waals surface area (Å²) < 4.78 is 10.5. The number of hydrogen-bond donors (Lipinski definition) is 3. The molecule has 20 heavy (non-hydrogen) atoms. The molecule has 0 saturated heterocycles. The van der Waals surface area contributed by atoms with Crippen LogP contribution in [-0.2, 0) is 9.59 Å². The predicted octanol–water partition coefficient (Wildman–Crippen LogP) is 0.394. The second-order valence-electron chi connectivity index (χ2n) is 4.55. The third kappa shape index (κ3) is 3.18. The Labute approximate surface area is 115 Å². The smallest absolute Gasteiger partial charge is 0.305 e. The van der Waals surface area contributed by atoms with Crippen LogP contribution in [0.15, 0.2) is 18.2 Å². The number of nitrogens with one attached hydrogen (secondary N) is 1. The lowest BCUT2D eigenvalue weighted by Gasteiger charge is -2.17. The quantitative estimate of drug-likeness (QED) is 0.719. The summed E-state index contributed by atoms with van der Waals surface area (Å²) in [6, 6.07) is 3.97. The van der Waals surface area contributed by atoms with Crippen LogP contribution in [0.3, 0.4) is 0 Å². The maximum atomic E-state index is 11.7. The van der Waals surface area contributed by atoms with E-state index in [1.165, 1.54) is 0 Å². The van der Waals surface area contributed by atoms with E-state index in [9.17, 15) is 9.59 Å². The average Bonchev–Trinajstić information content (AvgIpc) is 2.84. The van der Waals surface area contributed by atoms with Gasteiger partial charge in [0.15, 0.2) is 11.5 Å². The van der Waals surface area contributed by atoms with Gasteiger partial charge in [-0.05, 0) is 24.6 Å². The summed E-state index contributed by atoms with van der Waals surface area (Å²) in [5.41, 5.74) is 6.32. The average molecular weight is 280 g/mol. The summed E-state index contributed by atoms with van der Waals surface area (Å²) >= 11 is 0. The highest BCUT2D eigenvalue weighted by Gasteiger charge is 2.21. The van der Waals surface area contributed by atoms with Crippen LogP contribution in [0.1, 0.15) is 24.9 Å². The van der Waals surface area contributed by atoms with E-state index in [-0.39, 0.29) is 12.8 Å². The van der Waals surface area contributed by atoms with E-state index in [2.05, 4.69) is 5.32 Å². The molecule has 0 saturated carbocycles. The van der Waals surface area contributed by atoms with Gasteiger partial charge in [0.1, 0.15) is 0 Å². The molecule has 1 amide bonds. The Morgan fingerprint density at radius 3 is 2.80 bits per heavy atom. The van der Waals surface area contributed by atoms with Gasteiger partial charge in [-0.25, -0.2) is 0 Å². The van der Waals surface area contributed by atoms with Crippen molar-refractivity contribution < 1.29 is 24.2 Å². The molecule has 0 spiro atoms. The maximum Gasteiger partial charge on any atom is 0.305 e. The molecule has 1 aromatic rings. The molecule has 1 heterocycles. The fraction of sp³-hybridized carbons (Fsp3) is 0.385. The number of carboxylic acids is 1. The molecule has 2 atom stereocenters. The largest absolute Gasteiger partial charge is 0.481 e. The van der Waals surface area contributed by atoms with E-state index in [1.807, 2.05) is 0 Å². The van der Waals surface area contributed by atoms with Crippen LogP contribution in [0.2, 0.25) is 0 Å². The molecule has 7 heteroatoms. The van der Waals surface area contributed by atoms with E-state index in [1.54, 1.807) is 25.1 Å². The fourth-order valence-electron chi connectivity index (χ4n) is 1.87. The van der Waals surface area contributed by atoms with Gasteiger partial charge >= 0.3 is 5.97 Å². The monoisotopic (exact) mass is 280 g/mol. The first-order chi connectivity index (χ1) is 9.47. The van der Waals surface area contributed by atoms with Crippen molar-refractivity contribution in [1.29, 1.82) is 0 Å². The number of benzene rings is 1. The number of rotatable bonds is 5. The van der Waals surface area contributed by atoms with Crippen LogP contribution >= 0.6 is 0 Å². The van der Waals surface area contributed by atoms with Gasteiger partial charge in [0.2, 0.25) is 12.7 Å². The van der Waals surface area contributed by atoms with Crippen LogP contribution in [0.4, 0.5) is 0 Å². The summed E-state index contributed by atoms with van der Waals surface area (Å²) in [5, 5.41) is 11.3. The highest BCUT2D eigenvalue weighted by molar-refractivity contribution is 5.86. The summed E-state index contributed by atoms with van der Waals surface area (Å²) in [6.07, 6.45) is -0.403. The summed E-state index contributed by atoms with van der Waals surface area (Å²) in [6.45, 7) is 1.96. The van der Waals surface area contributed by atoms with Crippen LogP contribution in [0, 0.1) is 0 Å². The molecule has 4 N–H and O–H groups in total. The highest BCUT2D eigenvalue weighted by Crippen LogP contribution is 2.34. The van der Waals surface area contributed by atoms with Crippen molar-refractivity contribution in [1.82, 2.24) is 5.32 Å². The van der Waals surface area contributed by atoms with Gasteiger partial charge in [-0.3, -0.25) is 9.59 Å². The molecule has 0 bridgehead atoms. The van der Waals surface area contributed by atoms with Gasteiger partial charge in [0, 0.05) is 0 Å². The number of nitrogens with two attached hydrogens (primary N) is 1. The number of ether oxygens (including phenoxy) is 2. The van der Waals surface area contributed by atoms with Crippen LogP contribution in [0.5, 0.6) is 11.5 Å². The maximum absolute atomic E-state index is 11.7. The van der Waals surface area contributed by atoms with Crippen LogP contribution in [0.25, 0.3) is 0 Å². The van der Waals surface area contributed by atoms with Crippen molar-refractivity contribution in [3.63, 3.8) is 0 Å². The minimum atomic E-state index is -1.11. The number of amides is 1. The van der Waals surface area contributed by atoms with Crippen molar-refractivity contribution in [3.05, 3.63) is 23.8 Å². The SMILES string of the molecule is CC(NC(=O)C(N)CC(=O)O)c1ccc2c(c1)OCO2. The molecular weight excluding hydrogens is 264 g/mol. The molecule has 2 unspecified atom stereocenters. The van der Waals surface area contributed by atoms with Gasteiger partial charge in [-0.2, -0.15) is 0 Å². The van der Waals surface area contributed by atoms with E-state index < -0.39 is 24.3 Å². The topological polar surface area (TPSA) is 111 Å². The highest BCUT2D eigenvalue weighted by atomic mass is 16.7. The molecular formula is C13H16N2O5. The zero-order valence-corrected chi connectivity index (χ0v) is 11.0. The molecule has 108 valence electrons. The van der Waals surface area contributed by atoms with Gasteiger partial charge in [-0.15, -0.1) is 0 Å². The minimum absolute atomic E-state index is 0.184. The van der Waals surface area contributed by atoms with Crippen molar-refractivity contribution >= 4 is 11.9 Å². The number of fused-ring (bicyclic) bond motifs is 1. The van der Waals surface area contributed by atoms with Crippen LogP contribution in [-0.4, -0.2) is 29.8 Å². The molecule has 1 aliphatic rings. The first-order valence-electron chi connectivity index (χ1n) is 6.14. The normalized spacial score (nSPS) is 15.5. The van der Waals surface area contributed by atoms with E-state index in [0.717, 1.165) is 5.56 Å². The molecule has 0 aliphatic carbocycles. The van der Waals surface area contributed by atoms with Crippen molar-refractivity contribution in [2.45, 2.75) is 25.4 Å². The van der Waals surface area contributed by atoms with Gasteiger partial charge in [-0.1, -0.05) is 6.07 Å². The zero-order chi connectivity index (χ0) is 14.7. The van der Waals surface area contributed by atoms with Crippen molar-refractivity contribution in [2.75, 3.05) is 6.79 Å². The molecule has 0 fully saturated rings.